The van der Waals surface area contributed by atoms with Crippen LogP contribution in [-0.4, -0.2) is 111 Å². The Balaban J connectivity index is 0.000000174. The first kappa shape index (κ1) is 49.7. The van der Waals surface area contributed by atoms with Crippen molar-refractivity contribution < 1.29 is 65.0 Å². The fraction of sp³-hybridized carbons (Fsp3) is 0.520. The highest BCUT2D eigenvalue weighted by Crippen LogP contribution is 2.42. The van der Waals surface area contributed by atoms with Gasteiger partial charge in [-0.1, -0.05) is 0 Å². The SMILES string of the molecule is CC(C)O[C@H]1CC[C@H](C(=O)N2Cc3cc(F)cnc3Nc3cc(F)c([C@@H]4COCCO4)cc32)OC1.CC(C)O[C@H]1CC[C@H](C(=O)N2Cc3cc(F)cnc3Nc3cc(F)c([C@H]4COCCO4)cc32)OC1. The molecule has 0 aliphatic carbocycles. The fourth-order valence-electron chi connectivity index (χ4n) is 9.40. The van der Waals surface area contributed by atoms with E-state index >= 15 is 8.78 Å². The lowest BCUT2D eigenvalue weighted by atomic mass is 10.0. The van der Waals surface area contributed by atoms with Gasteiger partial charge in [0.15, 0.2) is 0 Å². The molecule has 4 aromatic rings. The summed E-state index contributed by atoms with van der Waals surface area (Å²) in [7, 11) is 0. The molecule has 20 heteroatoms. The Labute approximate surface area is 403 Å². The van der Waals surface area contributed by atoms with E-state index in [1.807, 2.05) is 27.7 Å². The number of ether oxygens (including phenoxy) is 8. The number of anilines is 6. The standard InChI is InChI=1S/2C25H29F2N3O5/c2*1-14(2)35-17-3-4-22(34-12-17)25(31)30-11-15-7-16(26)10-28-24(15)29-20-9-19(27)18(8-21(20)30)23-13-32-5-6-33-23/h2*7-10,14,17,22-23H,3-6,11-13H2,1-2H3,(H,28,29)/t17-,22+,23+;17-,22+,23-/m00/s1. The van der Waals surface area contributed by atoms with Gasteiger partial charge in [-0.15, -0.1) is 0 Å². The molecule has 6 aliphatic heterocycles. The maximum atomic E-state index is 15.2. The molecular formula is C50H58F4N6O10. The molecule has 0 radical (unpaired) electrons. The number of benzene rings is 2. The van der Waals surface area contributed by atoms with E-state index in [2.05, 4.69) is 20.6 Å². The number of rotatable bonds is 8. The Hall–Kier alpha value is -5.32. The minimum absolute atomic E-state index is 0.0534. The fourth-order valence-corrected chi connectivity index (χ4v) is 9.40. The summed E-state index contributed by atoms with van der Waals surface area (Å²) in [6.07, 6.45) is 1.93. The maximum Gasteiger partial charge on any atom is 0.256 e. The molecule has 2 aromatic carbocycles. The van der Waals surface area contributed by atoms with Crippen molar-refractivity contribution in [2.75, 3.05) is 73.3 Å². The van der Waals surface area contributed by atoms with Crippen LogP contribution in [0.3, 0.4) is 0 Å². The first-order valence-electron chi connectivity index (χ1n) is 23.8. The molecule has 4 saturated heterocycles. The number of nitrogens with zero attached hydrogens (tertiary/aromatic N) is 4. The van der Waals surface area contributed by atoms with E-state index < -0.39 is 47.7 Å². The normalized spacial score (nSPS) is 24.4. The number of aromatic nitrogens is 2. The summed E-state index contributed by atoms with van der Waals surface area (Å²) < 4.78 is 104. The van der Waals surface area contributed by atoms with Crippen LogP contribution in [0.25, 0.3) is 0 Å². The number of halogens is 4. The van der Waals surface area contributed by atoms with Gasteiger partial charge in [-0.25, -0.2) is 27.5 Å². The Morgan fingerprint density at radius 1 is 0.586 bits per heavy atom. The molecule has 70 heavy (non-hydrogen) atoms. The summed E-state index contributed by atoms with van der Waals surface area (Å²) in [4.78, 5) is 38.7. The predicted octanol–water partition coefficient (Wildman–Crippen LogP) is 8.02. The highest BCUT2D eigenvalue weighted by atomic mass is 19.1. The van der Waals surface area contributed by atoms with Crippen LogP contribution in [0.1, 0.15) is 87.8 Å². The molecular weight excluding hydrogens is 921 g/mol. The molecule has 0 unspecified atom stereocenters. The van der Waals surface area contributed by atoms with E-state index in [1.54, 1.807) is 12.1 Å². The second-order valence-electron chi connectivity index (χ2n) is 18.5. The van der Waals surface area contributed by atoms with E-state index in [0.717, 1.165) is 12.4 Å². The molecule has 376 valence electrons. The van der Waals surface area contributed by atoms with Gasteiger partial charge in [0.25, 0.3) is 11.8 Å². The highest BCUT2D eigenvalue weighted by molar-refractivity contribution is 6.02. The van der Waals surface area contributed by atoms with Crippen LogP contribution in [0.4, 0.5) is 51.9 Å². The van der Waals surface area contributed by atoms with Gasteiger partial charge in [-0.2, -0.15) is 0 Å². The zero-order chi connectivity index (χ0) is 49.1. The quantitative estimate of drug-likeness (QED) is 0.163. The first-order chi connectivity index (χ1) is 33.8. The zero-order valence-corrected chi connectivity index (χ0v) is 39.5. The Bertz CT molecular complexity index is 2340. The van der Waals surface area contributed by atoms with E-state index in [0.29, 0.717) is 122 Å². The van der Waals surface area contributed by atoms with E-state index in [9.17, 15) is 18.4 Å². The van der Waals surface area contributed by atoms with Crippen molar-refractivity contribution in [2.45, 2.75) is 115 Å². The average molecular weight is 979 g/mol. The van der Waals surface area contributed by atoms with Gasteiger partial charge in [0.2, 0.25) is 0 Å². The number of fused-ring (bicyclic) bond motifs is 4. The van der Waals surface area contributed by atoms with Crippen LogP contribution in [0.2, 0.25) is 0 Å². The number of amides is 2. The molecule has 16 nitrogen and oxygen atoms in total. The number of pyridine rings is 2. The molecule has 2 amide bonds. The van der Waals surface area contributed by atoms with Gasteiger partial charge in [-0.3, -0.25) is 9.59 Å². The van der Waals surface area contributed by atoms with Crippen LogP contribution < -0.4 is 20.4 Å². The van der Waals surface area contributed by atoms with Crippen molar-refractivity contribution in [2.24, 2.45) is 0 Å². The molecule has 6 atom stereocenters. The number of carbonyl (C=O) groups is 2. The number of hydrogen-bond donors (Lipinski definition) is 2. The van der Waals surface area contributed by atoms with E-state index in [4.69, 9.17) is 37.9 Å². The minimum atomic E-state index is -0.694. The van der Waals surface area contributed by atoms with Crippen LogP contribution >= 0.6 is 0 Å². The van der Waals surface area contributed by atoms with Crippen molar-refractivity contribution in [3.63, 3.8) is 0 Å². The smallest absolute Gasteiger partial charge is 0.256 e. The molecule has 0 saturated carbocycles. The topological polar surface area (TPSA) is 164 Å². The first-order valence-corrected chi connectivity index (χ1v) is 23.8. The van der Waals surface area contributed by atoms with E-state index in [-0.39, 0.29) is 62.5 Å². The summed E-state index contributed by atoms with van der Waals surface area (Å²) in [6, 6.07) is 8.49. The van der Waals surface area contributed by atoms with Crippen molar-refractivity contribution >= 4 is 46.2 Å². The molecule has 0 bridgehead atoms. The highest BCUT2D eigenvalue weighted by Gasteiger charge is 2.38. The van der Waals surface area contributed by atoms with Gasteiger partial charge >= 0.3 is 0 Å². The van der Waals surface area contributed by atoms with Crippen molar-refractivity contribution in [3.05, 3.63) is 94.3 Å². The molecule has 4 fully saturated rings. The van der Waals surface area contributed by atoms with Crippen molar-refractivity contribution in [3.8, 4) is 0 Å². The van der Waals surface area contributed by atoms with Crippen LogP contribution in [0.5, 0.6) is 0 Å². The molecule has 2 N–H and O–H groups in total. The lowest BCUT2D eigenvalue weighted by Crippen LogP contribution is -2.44. The van der Waals surface area contributed by atoms with Gasteiger partial charge in [-0.05, 0) is 89.8 Å². The van der Waals surface area contributed by atoms with E-state index in [1.165, 1.54) is 34.1 Å². The molecule has 0 spiro atoms. The van der Waals surface area contributed by atoms with Gasteiger partial charge in [0.1, 0.15) is 59.3 Å². The third-order valence-electron chi connectivity index (χ3n) is 12.6. The lowest BCUT2D eigenvalue weighted by molar-refractivity contribution is -0.144. The Kier molecular flexibility index (Phi) is 15.6. The summed E-state index contributed by atoms with van der Waals surface area (Å²) in [5.41, 5.74) is 3.14. The summed E-state index contributed by atoms with van der Waals surface area (Å²) >= 11 is 0. The summed E-state index contributed by atoms with van der Waals surface area (Å²) in [5.74, 6) is -1.88. The third-order valence-corrected chi connectivity index (χ3v) is 12.6. The number of hydrogen-bond acceptors (Lipinski definition) is 14. The molecule has 2 aromatic heterocycles. The summed E-state index contributed by atoms with van der Waals surface area (Å²) in [6.45, 7) is 10.6. The second-order valence-corrected chi connectivity index (χ2v) is 18.5. The number of carbonyl (C=O) groups excluding carboxylic acids is 2. The summed E-state index contributed by atoms with van der Waals surface area (Å²) in [5, 5.41) is 6.15. The second kappa shape index (κ2) is 22.0. The van der Waals surface area contributed by atoms with Gasteiger partial charge < -0.3 is 58.3 Å². The molecule has 8 heterocycles. The van der Waals surface area contributed by atoms with Crippen molar-refractivity contribution in [1.29, 1.82) is 0 Å². The van der Waals surface area contributed by atoms with Crippen molar-refractivity contribution in [1.82, 2.24) is 9.97 Å². The lowest BCUT2D eigenvalue weighted by Gasteiger charge is -2.33. The van der Waals surface area contributed by atoms with Gasteiger partial charge in [0.05, 0.1) is 126 Å². The maximum absolute atomic E-state index is 15.2. The number of nitrogens with one attached hydrogen (secondary N) is 2. The minimum Gasteiger partial charge on any atom is -0.376 e. The van der Waals surface area contributed by atoms with Gasteiger partial charge in [0, 0.05) is 22.3 Å². The third kappa shape index (κ3) is 11.4. The zero-order valence-electron chi connectivity index (χ0n) is 39.5. The Morgan fingerprint density at radius 3 is 1.37 bits per heavy atom. The monoisotopic (exact) mass is 978 g/mol. The van der Waals surface area contributed by atoms with Crippen LogP contribution in [0.15, 0.2) is 48.8 Å². The molecule has 6 aliphatic rings. The Morgan fingerprint density at radius 2 is 1.01 bits per heavy atom. The largest absolute Gasteiger partial charge is 0.376 e. The average Bonchev–Trinajstić information content (AvgIpc) is 3.60. The van der Waals surface area contributed by atoms with Crippen LogP contribution in [-0.2, 0) is 60.6 Å². The van der Waals surface area contributed by atoms with Crippen LogP contribution in [0, 0.1) is 23.3 Å². The predicted molar refractivity (Wildman–Crippen MR) is 247 cm³/mol. The molecule has 10 rings (SSSR count).